The van der Waals surface area contributed by atoms with Crippen molar-refractivity contribution in [2.24, 2.45) is 0 Å². The monoisotopic (exact) mass is 278 g/mol. The molecule has 0 bridgehead atoms. The standard InChI is InChI=1S/C12H26N2O3S/c1-12(16,10-18-2)9-13-7-11(15)8-14-3-5-17-6-4-14/h11,13,15-16H,3-10H2,1-2H3. The SMILES string of the molecule is CSCC(C)(O)CNCC(O)CN1CCOCC1. The molecule has 1 rings (SSSR count). The van der Waals surface area contributed by atoms with E-state index in [4.69, 9.17) is 4.74 Å². The molecule has 0 spiro atoms. The second kappa shape index (κ2) is 8.35. The minimum absolute atomic E-state index is 0.395. The lowest BCUT2D eigenvalue weighted by Gasteiger charge is -2.29. The van der Waals surface area contributed by atoms with Crippen LogP contribution >= 0.6 is 11.8 Å². The van der Waals surface area contributed by atoms with Gasteiger partial charge in [0.25, 0.3) is 0 Å². The van der Waals surface area contributed by atoms with Crippen LogP contribution in [0.4, 0.5) is 0 Å². The van der Waals surface area contributed by atoms with Crippen LogP contribution in [0.25, 0.3) is 0 Å². The summed E-state index contributed by atoms with van der Waals surface area (Å²) in [6.07, 6.45) is 1.58. The minimum atomic E-state index is -0.710. The minimum Gasteiger partial charge on any atom is -0.390 e. The first-order valence-electron chi connectivity index (χ1n) is 6.44. The molecule has 0 aromatic carbocycles. The third-order valence-corrected chi connectivity index (χ3v) is 3.82. The number of thioether (sulfide) groups is 1. The maximum atomic E-state index is 9.96. The van der Waals surface area contributed by atoms with Gasteiger partial charge in [-0.2, -0.15) is 11.8 Å². The number of hydrogen-bond acceptors (Lipinski definition) is 6. The van der Waals surface area contributed by atoms with E-state index in [0.717, 1.165) is 26.3 Å². The third-order valence-electron chi connectivity index (χ3n) is 2.91. The van der Waals surface area contributed by atoms with Crippen molar-refractivity contribution in [3.63, 3.8) is 0 Å². The van der Waals surface area contributed by atoms with Gasteiger partial charge >= 0.3 is 0 Å². The summed E-state index contributed by atoms with van der Waals surface area (Å²) >= 11 is 1.62. The molecule has 0 aromatic heterocycles. The normalized spacial score (nSPS) is 22.7. The molecule has 108 valence electrons. The molecule has 1 aliphatic heterocycles. The summed E-state index contributed by atoms with van der Waals surface area (Å²) in [4.78, 5) is 2.20. The highest BCUT2D eigenvalue weighted by Gasteiger charge is 2.20. The molecule has 0 aromatic rings. The van der Waals surface area contributed by atoms with E-state index >= 15 is 0 Å². The second-order valence-corrected chi connectivity index (χ2v) is 5.99. The Morgan fingerprint density at radius 2 is 2.11 bits per heavy atom. The van der Waals surface area contributed by atoms with E-state index in [0.29, 0.717) is 25.4 Å². The number of β-amino-alcohol motifs (C(OH)–C–C–N with tert-alkyl or cyclic N) is 1. The highest BCUT2D eigenvalue weighted by molar-refractivity contribution is 7.98. The molecule has 3 N–H and O–H groups in total. The van der Waals surface area contributed by atoms with Crippen LogP contribution in [0.3, 0.4) is 0 Å². The summed E-state index contributed by atoms with van der Waals surface area (Å²) < 4.78 is 5.26. The number of rotatable bonds is 8. The van der Waals surface area contributed by atoms with Crippen LogP contribution in [-0.2, 0) is 4.74 Å². The molecule has 1 heterocycles. The zero-order valence-corrected chi connectivity index (χ0v) is 12.2. The van der Waals surface area contributed by atoms with Gasteiger partial charge < -0.3 is 20.3 Å². The molecule has 1 aliphatic rings. The number of hydrogen-bond donors (Lipinski definition) is 3. The van der Waals surface area contributed by atoms with Crippen molar-refractivity contribution >= 4 is 11.8 Å². The van der Waals surface area contributed by atoms with E-state index in [-0.39, 0.29) is 0 Å². The maximum Gasteiger partial charge on any atom is 0.0833 e. The van der Waals surface area contributed by atoms with Crippen LogP contribution in [0.5, 0.6) is 0 Å². The molecular weight excluding hydrogens is 252 g/mol. The third kappa shape index (κ3) is 6.92. The zero-order chi connectivity index (χ0) is 13.4. The smallest absolute Gasteiger partial charge is 0.0833 e. The highest BCUT2D eigenvalue weighted by Crippen LogP contribution is 2.08. The molecule has 0 amide bonds. The lowest BCUT2D eigenvalue weighted by Crippen LogP contribution is -2.46. The maximum absolute atomic E-state index is 9.96. The number of nitrogens with zero attached hydrogens (tertiary/aromatic N) is 1. The summed E-state index contributed by atoms with van der Waals surface area (Å²) in [6.45, 7) is 6.79. The summed E-state index contributed by atoms with van der Waals surface area (Å²) in [6, 6.07) is 0. The van der Waals surface area contributed by atoms with Crippen LogP contribution in [0, 0.1) is 0 Å². The predicted octanol–water partition coefficient (Wildman–Crippen LogP) is -0.617. The Kier molecular flexibility index (Phi) is 7.51. The van der Waals surface area contributed by atoms with Gasteiger partial charge in [0.2, 0.25) is 0 Å². The zero-order valence-electron chi connectivity index (χ0n) is 11.4. The molecule has 2 atom stereocenters. The van der Waals surface area contributed by atoms with E-state index < -0.39 is 11.7 Å². The summed E-state index contributed by atoms with van der Waals surface area (Å²) in [7, 11) is 0. The fraction of sp³-hybridized carbons (Fsp3) is 1.00. The fourth-order valence-corrected chi connectivity index (χ4v) is 2.74. The average molecular weight is 278 g/mol. The Labute approximate surface area is 114 Å². The Morgan fingerprint density at radius 3 is 2.72 bits per heavy atom. The molecular formula is C12H26N2O3S. The van der Waals surface area contributed by atoms with E-state index in [9.17, 15) is 10.2 Å². The van der Waals surface area contributed by atoms with Gasteiger partial charge in [0.15, 0.2) is 0 Å². The molecule has 1 saturated heterocycles. The van der Waals surface area contributed by atoms with Gasteiger partial charge in [0.1, 0.15) is 0 Å². The van der Waals surface area contributed by atoms with Crippen LogP contribution < -0.4 is 5.32 Å². The molecule has 1 fully saturated rings. The number of nitrogens with one attached hydrogen (secondary N) is 1. The van der Waals surface area contributed by atoms with E-state index in [1.165, 1.54) is 0 Å². The first-order valence-corrected chi connectivity index (χ1v) is 7.83. The van der Waals surface area contributed by atoms with Gasteiger partial charge in [-0.05, 0) is 13.2 Å². The first kappa shape index (κ1) is 16.2. The predicted molar refractivity (Wildman–Crippen MR) is 75.1 cm³/mol. The number of ether oxygens (including phenoxy) is 1. The Bertz CT molecular complexity index is 223. The molecule has 18 heavy (non-hydrogen) atoms. The number of aliphatic hydroxyl groups is 2. The molecule has 5 nitrogen and oxygen atoms in total. The fourth-order valence-electron chi connectivity index (χ4n) is 2.02. The highest BCUT2D eigenvalue weighted by atomic mass is 32.2. The van der Waals surface area contributed by atoms with Crippen molar-refractivity contribution in [2.75, 3.05) is 57.9 Å². The Hall–Kier alpha value is 0.150. The number of aliphatic hydroxyl groups excluding tert-OH is 1. The van der Waals surface area contributed by atoms with Crippen molar-refractivity contribution < 1.29 is 14.9 Å². The Balaban J connectivity index is 2.10. The van der Waals surface area contributed by atoms with Gasteiger partial charge in [-0.25, -0.2) is 0 Å². The average Bonchev–Trinajstić information content (AvgIpc) is 2.29. The quantitative estimate of drug-likeness (QED) is 0.550. The summed E-state index contributed by atoms with van der Waals surface area (Å²) in [5.41, 5.74) is -0.710. The van der Waals surface area contributed by atoms with Crippen molar-refractivity contribution in [2.45, 2.75) is 18.6 Å². The lowest BCUT2D eigenvalue weighted by atomic mass is 10.1. The Morgan fingerprint density at radius 1 is 1.44 bits per heavy atom. The van der Waals surface area contributed by atoms with E-state index in [2.05, 4.69) is 10.2 Å². The molecule has 0 radical (unpaired) electrons. The van der Waals surface area contributed by atoms with Crippen LogP contribution in [0.2, 0.25) is 0 Å². The topological polar surface area (TPSA) is 65.0 Å². The van der Waals surface area contributed by atoms with Crippen molar-refractivity contribution in [3.8, 4) is 0 Å². The van der Waals surface area contributed by atoms with Crippen molar-refractivity contribution in [1.29, 1.82) is 0 Å². The molecule has 6 heteroatoms. The van der Waals surface area contributed by atoms with Gasteiger partial charge in [-0.15, -0.1) is 0 Å². The van der Waals surface area contributed by atoms with Gasteiger partial charge in [0.05, 0.1) is 24.9 Å². The van der Waals surface area contributed by atoms with Crippen molar-refractivity contribution in [1.82, 2.24) is 10.2 Å². The number of morpholine rings is 1. The van der Waals surface area contributed by atoms with Gasteiger partial charge in [0, 0.05) is 38.5 Å². The van der Waals surface area contributed by atoms with Gasteiger partial charge in [-0.3, -0.25) is 4.90 Å². The summed E-state index contributed by atoms with van der Waals surface area (Å²) in [5.74, 6) is 0.694. The van der Waals surface area contributed by atoms with E-state index in [1.54, 1.807) is 11.8 Å². The van der Waals surface area contributed by atoms with Crippen LogP contribution in [0.15, 0.2) is 0 Å². The van der Waals surface area contributed by atoms with E-state index in [1.807, 2.05) is 13.2 Å². The van der Waals surface area contributed by atoms with Crippen molar-refractivity contribution in [3.05, 3.63) is 0 Å². The lowest BCUT2D eigenvalue weighted by molar-refractivity contribution is 0.0134. The molecule has 2 unspecified atom stereocenters. The molecule has 0 saturated carbocycles. The van der Waals surface area contributed by atoms with Gasteiger partial charge in [-0.1, -0.05) is 0 Å². The van der Waals surface area contributed by atoms with Crippen LogP contribution in [-0.4, -0.2) is 84.8 Å². The largest absolute Gasteiger partial charge is 0.390 e. The van der Waals surface area contributed by atoms with Crippen LogP contribution in [0.1, 0.15) is 6.92 Å². The first-order chi connectivity index (χ1) is 8.53. The second-order valence-electron chi connectivity index (χ2n) is 5.13. The summed E-state index contributed by atoms with van der Waals surface area (Å²) in [5, 5.41) is 23.0. The molecule has 0 aliphatic carbocycles.